The lowest BCUT2D eigenvalue weighted by Gasteiger charge is -2.15. The van der Waals surface area contributed by atoms with Crippen LogP contribution in [0.5, 0.6) is 5.75 Å². The lowest BCUT2D eigenvalue weighted by molar-refractivity contribution is -0.385. The summed E-state index contributed by atoms with van der Waals surface area (Å²) in [6.45, 7) is 3.68. The maximum absolute atomic E-state index is 13.4. The van der Waals surface area contributed by atoms with Crippen molar-refractivity contribution in [2.75, 3.05) is 6.61 Å². The van der Waals surface area contributed by atoms with Gasteiger partial charge in [0.05, 0.1) is 29.1 Å². The van der Waals surface area contributed by atoms with Gasteiger partial charge in [-0.1, -0.05) is 0 Å². The molecule has 0 atom stereocenters. The first-order chi connectivity index (χ1) is 8.35. The van der Waals surface area contributed by atoms with E-state index in [-0.39, 0.29) is 18.0 Å². The highest BCUT2D eigenvalue weighted by molar-refractivity contribution is 5.37. The van der Waals surface area contributed by atoms with Gasteiger partial charge in [0, 0.05) is 6.07 Å². The van der Waals surface area contributed by atoms with Gasteiger partial charge in [-0.15, -0.1) is 0 Å². The zero-order valence-corrected chi connectivity index (χ0v) is 10.1. The van der Waals surface area contributed by atoms with E-state index in [0.29, 0.717) is 6.42 Å². The molecule has 5 nitrogen and oxygen atoms in total. The Morgan fingerprint density at radius 3 is 2.72 bits per heavy atom. The van der Waals surface area contributed by atoms with E-state index < -0.39 is 16.2 Å². The van der Waals surface area contributed by atoms with Crippen molar-refractivity contribution in [3.63, 3.8) is 0 Å². The molecule has 6 heteroatoms. The highest BCUT2D eigenvalue weighted by atomic mass is 19.1. The van der Waals surface area contributed by atoms with E-state index in [2.05, 4.69) is 6.07 Å². The van der Waals surface area contributed by atoms with E-state index in [9.17, 15) is 14.5 Å². The molecule has 0 bridgehead atoms. The molecule has 1 rings (SSSR count). The fraction of sp³-hybridized carbons (Fsp3) is 0.417. The van der Waals surface area contributed by atoms with E-state index in [1.807, 2.05) is 0 Å². The molecule has 0 saturated heterocycles. The van der Waals surface area contributed by atoms with E-state index in [0.717, 1.165) is 6.07 Å². The third kappa shape index (κ3) is 3.70. The fourth-order valence-corrected chi connectivity index (χ4v) is 1.19. The van der Waals surface area contributed by atoms with Crippen molar-refractivity contribution in [3.8, 4) is 11.8 Å². The van der Waals surface area contributed by atoms with Gasteiger partial charge in [0.25, 0.3) is 5.69 Å². The van der Waals surface area contributed by atoms with Crippen LogP contribution < -0.4 is 4.74 Å². The van der Waals surface area contributed by atoms with Crippen molar-refractivity contribution in [2.45, 2.75) is 20.3 Å². The number of halogens is 1. The summed E-state index contributed by atoms with van der Waals surface area (Å²) < 4.78 is 18.6. The van der Waals surface area contributed by atoms with Crippen LogP contribution in [0.3, 0.4) is 0 Å². The predicted molar refractivity (Wildman–Crippen MR) is 62.6 cm³/mol. The van der Waals surface area contributed by atoms with Gasteiger partial charge in [-0.2, -0.15) is 5.26 Å². The Labute approximate surface area is 104 Å². The highest BCUT2D eigenvalue weighted by Gasteiger charge is 2.17. The quantitative estimate of drug-likeness (QED) is 0.596. The summed E-state index contributed by atoms with van der Waals surface area (Å²) >= 11 is 0. The van der Waals surface area contributed by atoms with E-state index in [1.54, 1.807) is 13.8 Å². The Morgan fingerprint density at radius 1 is 1.56 bits per heavy atom. The fourth-order valence-electron chi connectivity index (χ4n) is 1.19. The standard InChI is InChI=1S/C12H13FN2O3/c1-12(2,8-14)5-6-18-11-4-3-9(15(16)17)7-10(11)13/h3-4,7H,5-6H2,1-2H3. The second kappa shape index (κ2) is 5.45. The molecule has 0 radical (unpaired) electrons. The van der Waals surface area contributed by atoms with Gasteiger partial charge in [-0.05, 0) is 26.3 Å². The summed E-state index contributed by atoms with van der Waals surface area (Å²) in [6.07, 6.45) is 0.444. The van der Waals surface area contributed by atoms with Crippen molar-refractivity contribution in [1.82, 2.24) is 0 Å². The molecular formula is C12H13FN2O3. The van der Waals surface area contributed by atoms with Crippen molar-refractivity contribution >= 4 is 5.69 Å². The molecule has 0 aromatic heterocycles. The minimum atomic E-state index is -0.779. The van der Waals surface area contributed by atoms with Crippen LogP contribution in [0.25, 0.3) is 0 Å². The summed E-state index contributed by atoms with van der Waals surface area (Å²) in [5.74, 6) is -0.826. The molecule has 0 aliphatic heterocycles. The van der Waals surface area contributed by atoms with Crippen LogP contribution in [0.15, 0.2) is 18.2 Å². The minimum absolute atomic E-state index is 0.0469. The van der Waals surface area contributed by atoms with Crippen molar-refractivity contribution in [1.29, 1.82) is 5.26 Å². The number of hydrogen-bond donors (Lipinski definition) is 0. The number of non-ortho nitro benzene ring substituents is 1. The second-order valence-corrected chi connectivity index (χ2v) is 4.47. The first kappa shape index (κ1) is 13.9. The number of benzene rings is 1. The smallest absolute Gasteiger partial charge is 0.272 e. The lowest BCUT2D eigenvalue weighted by Crippen LogP contribution is -2.13. The molecular weight excluding hydrogens is 239 g/mol. The average Bonchev–Trinajstić information content (AvgIpc) is 2.31. The number of nitrogens with zero attached hydrogens (tertiary/aromatic N) is 2. The lowest BCUT2D eigenvalue weighted by atomic mass is 9.92. The van der Waals surface area contributed by atoms with Crippen LogP contribution >= 0.6 is 0 Å². The number of ether oxygens (including phenoxy) is 1. The maximum Gasteiger partial charge on any atom is 0.272 e. The monoisotopic (exact) mass is 252 g/mol. The van der Waals surface area contributed by atoms with Crippen molar-refractivity contribution in [2.24, 2.45) is 5.41 Å². The second-order valence-electron chi connectivity index (χ2n) is 4.47. The molecule has 0 amide bonds. The Morgan fingerprint density at radius 2 is 2.22 bits per heavy atom. The van der Waals surface area contributed by atoms with Crippen LogP contribution in [-0.4, -0.2) is 11.5 Å². The summed E-state index contributed by atoms with van der Waals surface area (Å²) in [6, 6.07) is 5.30. The van der Waals surface area contributed by atoms with E-state index in [1.165, 1.54) is 12.1 Å². The molecule has 1 aromatic rings. The van der Waals surface area contributed by atoms with E-state index in [4.69, 9.17) is 10.00 Å². The zero-order chi connectivity index (χ0) is 13.8. The normalized spacial score (nSPS) is 10.8. The molecule has 18 heavy (non-hydrogen) atoms. The molecule has 0 fully saturated rings. The average molecular weight is 252 g/mol. The molecule has 0 saturated carbocycles. The number of rotatable bonds is 5. The van der Waals surface area contributed by atoms with Crippen molar-refractivity contribution < 1.29 is 14.1 Å². The zero-order valence-electron chi connectivity index (χ0n) is 10.1. The van der Waals surface area contributed by atoms with Crippen LogP contribution in [-0.2, 0) is 0 Å². The van der Waals surface area contributed by atoms with E-state index >= 15 is 0 Å². The van der Waals surface area contributed by atoms with Gasteiger partial charge >= 0.3 is 0 Å². The largest absolute Gasteiger partial charge is 0.490 e. The minimum Gasteiger partial charge on any atom is -0.490 e. The Balaban J connectivity index is 2.65. The molecule has 0 aliphatic rings. The summed E-state index contributed by atoms with van der Waals surface area (Å²) in [7, 11) is 0. The highest BCUT2D eigenvalue weighted by Crippen LogP contribution is 2.24. The van der Waals surface area contributed by atoms with Crippen molar-refractivity contribution in [3.05, 3.63) is 34.1 Å². The topological polar surface area (TPSA) is 76.2 Å². The first-order valence-corrected chi connectivity index (χ1v) is 5.34. The summed E-state index contributed by atoms with van der Waals surface area (Å²) in [5.41, 5.74) is -0.866. The Bertz CT molecular complexity index is 495. The molecule has 0 spiro atoms. The third-order valence-electron chi connectivity index (χ3n) is 2.41. The molecule has 0 unspecified atom stereocenters. The molecule has 1 aromatic carbocycles. The number of hydrogen-bond acceptors (Lipinski definition) is 4. The number of nitriles is 1. The maximum atomic E-state index is 13.4. The third-order valence-corrected chi connectivity index (χ3v) is 2.41. The number of nitro benzene ring substituents is 1. The molecule has 0 heterocycles. The van der Waals surface area contributed by atoms with Gasteiger partial charge in [0.15, 0.2) is 11.6 Å². The van der Waals surface area contributed by atoms with Gasteiger partial charge in [0.2, 0.25) is 0 Å². The summed E-state index contributed by atoms with van der Waals surface area (Å²) in [5, 5.41) is 19.2. The Kier molecular flexibility index (Phi) is 4.21. The Hall–Kier alpha value is -2.16. The predicted octanol–water partition coefficient (Wildman–Crippen LogP) is 3.05. The molecule has 96 valence electrons. The van der Waals surface area contributed by atoms with Gasteiger partial charge in [-0.3, -0.25) is 10.1 Å². The molecule has 0 aliphatic carbocycles. The van der Waals surface area contributed by atoms with Gasteiger partial charge in [0.1, 0.15) is 0 Å². The van der Waals surface area contributed by atoms with Crippen LogP contribution in [0, 0.1) is 32.7 Å². The van der Waals surface area contributed by atoms with Crippen LogP contribution in [0.1, 0.15) is 20.3 Å². The number of nitro groups is 1. The van der Waals surface area contributed by atoms with Crippen LogP contribution in [0.4, 0.5) is 10.1 Å². The van der Waals surface area contributed by atoms with Crippen LogP contribution in [0.2, 0.25) is 0 Å². The SMILES string of the molecule is CC(C)(C#N)CCOc1ccc([N+](=O)[O-])cc1F. The molecule has 0 N–H and O–H groups in total. The van der Waals surface area contributed by atoms with Gasteiger partial charge in [-0.25, -0.2) is 4.39 Å². The first-order valence-electron chi connectivity index (χ1n) is 5.34. The van der Waals surface area contributed by atoms with Gasteiger partial charge < -0.3 is 4.74 Å². The summed E-state index contributed by atoms with van der Waals surface area (Å²) in [4.78, 5) is 9.74.